The molecule has 0 aliphatic carbocycles. The lowest BCUT2D eigenvalue weighted by atomic mass is 9.99. The number of allylic oxidation sites excluding steroid dienone is 2. The van der Waals surface area contributed by atoms with Crippen molar-refractivity contribution < 1.29 is 4.79 Å². The maximum absolute atomic E-state index is 11.3. The molecule has 1 aliphatic heterocycles. The van der Waals surface area contributed by atoms with Crippen LogP contribution in [0, 0.1) is 0 Å². The van der Waals surface area contributed by atoms with Crippen LogP contribution in [0.4, 0.5) is 11.4 Å². The Hall–Kier alpha value is -3.91. The monoisotopic (exact) mass is 469 g/mol. The number of aromatic nitrogens is 4. The van der Waals surface area contributed by atoms with Crippen LogP contribution in [0.5, 0.6) is 0 Å². The Bertz CT molecular complexity index is 1390. The van der Waals surface area contributed by atoms with Crippen molar-refractivity contribution in [2.45, 2.75) is 32.7 Å². The van der Waals surface area contributed by atoms with Crippen molar-refractivity contribution in [3.63, 3.8) is 0 Å². The molecule has 0 radical (unpaired) electrons. The zero-order valence-corrected chi connectivity index (χ0v) is 20.4. The highest BCUT2D eigenvalue weighted by Gasteiger charge is 2.22. The molecule has 3 N–H and O–H groups in total. The first-order chi connectivity index (χ1) is 17.1. The van der Waals surface area contributed by atoms with E-state index in [-0.39, 0.29) is 0 Å². The predicted molar refractivity (Wildman–Crippen MR) is 141 cm³/mol. The van der Waals surface area contributed by atoms with E-state index in [1.807, 2.05) is 56.2 Å². The van der Waals surface area contributed by atoms with Crippen LogP contribution >= 0.6 is 0 Å². The van der Waals surface area contributed by atoms with Crippen molar-refractivity contribution >= 4 is 28.7 Å². The minimum atomic E-state index is 0.365. The molecule has 4 aromatic rings. The molecule has 35 heavy (non-hydrogen) atoms. The molecule has 0 atom stereocenters. The average molecular weight is 470 g/mol. The van der Waals surface area contributed by atoms with Gasteiger partial charge >= 0.3 is 0 Å². The van der Waals surface area contributed by atoms with Crippen LogP contribution in [0.15, 0.2) is 60.6 Å². The first kappa shape index (κ1) is 22.9. The van der Waals surface area contributed by atoms with Crippen molar-refractivity contribution in [1.29, 1.82) is 0 Å². The number of anilines is 2. The summed E-state index contributed by atoms with van der Waals surface area (Å²) in [5, 5.41) is 20.4. The Balaban J connectivity index is 1.69. The highest BCUT2D eigenvalue weighted by molar-refractivity contribution is 5.99. The number of benzene rings is 2. The lowest BCUT2D eigenvalue weighted by Gasteiger charge is -2.23. The van der Waals surface area contributed by atoms with Crippen molar-refractivity contribution in [1.82, 2.24) is 24.9 Å². The number of hydrogen-bond acceptors (Lipinski definition) is 5. The molecule has 1 aliphatic rings. The molecule has 180 valence electrons. The number of para-hydroxylation sites is 1. The van der Waals surface area contributed by atoms with E-state index >= 15 is 0 Å². The van der Waals surface area contributed by atoms with E-state index in [0.29, 0.717) is 12.5 Å². The van der Waals surface area contributed by atoms with Crippen LogP contribution in [0.1, 0.15) is 32.7 Å². The molecule has 3 heterocycles. The Morgan fingerprint density at radius 3 is 2.71 bits per heavy atom. The second-order valence-electron chi connectivity index (χ2n) is 9.00. The molecule has 0 bridgehead atoms. The molecule has 5 rings (SSSR count). The average Bonchev–Trinajstić information content (AvgIpc) is 3.48. The molecule has 0 saturated carbocycles. The molecular weight excluding hydrogens is 438 g/mol. The van der Waals surface area contributed by atoms with Crippen LogP contribution < -0.4 is 16.0 Å². The lowest BCUT2D eigenvalue weighted by molar-refractivity contribution is -0.105. The number of nitrogens with one attached hydrogen (secondary N) is 3. The predicted octanol–water partition coefficient (Wildman–Crippen LogP) is 4.93. The topological polar surface area (TPSA) is 88.8 Å². The number of fused-ring (bicyclic) bond motifs is 1. The van der Waals surface area contributed by atoms with Crippen LogP contribution in [0.3, 0.4) is 0 Å². The fraction of sp³-hybridized carbons (Fsp3) is 0.296. The Kier molecular flexibility index (Phi) is 6.37. The van der Waals surface area contributed by atoms with Crippen LogP contribution in [0.2, 0.25) is 0 Å². The normalized spacial score (nSPS) is 14.9. The van der Waals surface area contributed by atoms with Gasteiger partial charge in [-0.05, 0) is 63.5 Å². The number of aryl methyl sites for hydroxylation is 1. The fourth-order valence-corrected chi connectivity index (χ4v) is 4.78. The summed E-state index contributed by atoms with van der Waals surface area (Å²) >= 11 is 0. The minimum absolute atomic E-state index is 0.365. The Morgan fingerprint density at radius 1 is 1.17 bits per heavy atom. The van der Waals surface area contributed by atoms with Crippen molar-refractivity contribution in [3.8, 4) is 22.4 Å². The SMILES string of the molecule is C/C=C(/C)Nc1c(NC=O)cccc1-c1ccc2c(c1)c(-c1cnn(C)c1)nn2C1CCNCC1. The van der Waals surface area contributed by atoms with E-state index in [4.69, 9.17) is 5.10 Å². The van der Waals surface area contributed by atoms with Crippen molar-refractivity contribution in [3.05, 3.63) is 60.6 Å². The van der Waals surface area contributed by atoms with E-state index in [1.165, 1.54) is 0 Å². The maximum atomic E-state index is 11.3. The van der Waals surface area contributed by atoms with Gasteiger partial charge < -0.3 is 16.0 Å². The van der Waals surface area contributed by atoms with Gasteiger partial charge in [0.1, 0.15) is 5.69 Å². The summed E-state index contributed by atoms with van der Waals surface area (Å²) in [4.78, 5) is 11.3. The van der Waals surface area contributed by atoms with E-state index in [9.17, 15) is 4.79 Å². The molecule has 1 saturated heterocycles. The number of carbonyl (C=O) groups excluding carboxylic acids is 1. The van der Waals surface area contributed by atoms with Crippen LogP contribution in [-0.4, -0.2) is 39.1 Å². The quantitative estimate of drug-likeness (QED) is 0.334. The molecule has 1 fully saturated rings. The van der Waals surface area contributed by atoms with Crippen LogP contribution in [0.25, 0.3) is 33.3 Å². The Labute approximate surface area is 205 Å². The highest BCUT2D eigenvalue weighted by atomic mass is 16.1. The van der Waals surface area contributed by atoms with Crippen LogP contribution in [-0.2, 0) is 11.8 Å². The molecule has 2 aromatic carbocycles. The van der Waals surface area contributed by atoms with E-state index in [0.717, 1.165) is 76.3 Å². The second kappa shape index (κ2) is 9.76. The molecule has 0 unspecified atom stereocenters. The molecule has 8 heteroatoms. The molecular formula is C27H31N7O. The Morgan fingerprint density at radius 2 is 2.00 bits per heavy atom. The standard InChI is InChI=1S/C27H31N7O/c1-4-18(2)31-27-22(6-5-7-24(27)29-17-35)19-8-9-25-23(14-19)26(20-15-30-33(3)16-20)32-34(25)21-10-12-28-13-11-21/h4-9,14-17,21,28,31H,10-13H2,1-3H3,(H,29,35)/b18-4-. The van der Waals surface area contributed by atoms with Crippen molar-refractivity contribution in [2.75, 3.05) is 23.7 Å². The summed E-state index contributed by atoms with van der Waals surface area (Å²) < 4.78 is 4.01. The number of carbonyl (C=O) groups is 1. The number of hydrogen-bond donors (Lipinski definition) is 3. The van der Waals surface area contributed by atoms with Gasteiger partial charge in [-0.25, -0.2) is 0 Å². The largest absolute Gasteiger partial charge is 0.357 e. The summed E-state index contributed by atoms with van der Waals surface area (Å²) in [5.74, 6) is 0. The number of nitrogens with zero attached hydrogens (tertiary/aromatic N) is 4. The summed E-state index contributed by atoms with van der Waals surface area (Å²) in [7, 11) is 1.92. The van der Waals surface area contributed by atoms with Gasteiger partial charge in [-0.2, -0.15) is 10.2 Å². The van der Waals surface area contributed by atoms with Gasteiger partial charge in [0.05, 0.1) is 29.1 Å². The van der Waals surface area contributed by atoms with E-state index in [2.05, 4.69) is 50.0 Å². The highest BCUT2D eigenvalue weighted by Crippen LogP contribution is 2.39. The zero-order chi connectivity index (χ0) is 24.4. The lowest BCUT2D eigenvalue weighted by Crippen LogP contribution is -2.29. The third-order valence-electron chi connectivity index (χ3n) is 6.68. The second-order valence-corrected chi connectivity index (χ2v) is 9.00. The van der Waals surface area contributed by atoms with Gasteiger partial charge in [0.25, 0.3) is 0 Å². The van der Waals surface area contributed by atoms with Gasteiger partial charge in [0, 0.05) is 35.5 Å². The van der Waals surface area contributed by atoms with Gasteiger partial charge in [-0.1, -0.05) is 24.3 Å². The summed E-state index contributed by atoms with van der Waals surface area (Å²) in [6.07, 6.45) is 8.72. The van der Waals surface area contributed by atoms with Gasteiger partial charge in [-0.15, -0.1) is 0 Å². The number of rotatable bonds is 7. The summed E-state index contributed by atoms with van der Waals surface area (Å²) in [6, 6.07) is 12.8. The molecule has 1 amide bonds. The first-order valence-electron chi connectivity index (χ1n) is 12.0. The smallest absolute Gasteiger partial charge is 0.211 e. The third kappa shape index (κ3) is 4.44. The number of piperidine rings is 1. The molecule has 2 aromatic heterocycles. The molecule has 8 nitrogen and oxygen atoms in total. The summed E-state index contributed by atoms with van der Waals surface area (Å²) in [6.45, 7) is 6.00. The number of amides is 1. The minimum Gasteiger partial charge on any atom is -0.357 e. The zero-order valence-electron chi connectivity index (χ0n) is 20.4. The van der Waals surface area contributed by atoms with E-state index in [1.54, 1.807) is 0 Å². The third-order valence-corrected chi connectivity index (χ3v) is 6.68. The van der Waals surface area contributed by atoms with Crippen molar-refractivity contribution in [2.24, 2.45) is 7.05 Å². The van der Waals surface area contributed by atoms with Gasteiger partial charge in [0.15, 0.2) is 0 Å². The molecule has 0 spiro atoms. The van der Waals surface area contributed by atoms with Gasteiger partial charge in [-0.3, -0.25) is 14.2 Å². The maximum Gasteiger partial charge on any atom is 0.211 e. The van der Waals surface area contributed by atoms with Gasteiger partial charge in [0.2, 0.25) is 6.41 Å². The first-order valence-corrected chi connectivity index (χ1v) is 12.0. The fourth-order valence-electron chi connectivity index (χ4n) is 4.78. The van der Waals surface area contributed by atoms with E-state index < -0.39 is 0 Å². The summed E-state index contributed by atoms with van der Waals surface area (Å²) in [5.41, 5.74) is 7.72.